The molecule has 5 nitrogen and oxygen atoms in total. The van der Waals surface area contributed by atoms with Crippen LogP contribution >= 0.6 is 11.3 Å². The first kappa shape index (κ1) is 15.2. The molecule has 0 atom stereocenters. The van der Waals surface area contributed by atoms with Crippen LogP contribution in [0.2, 0.25) is 0 Å². The molecule has 2 rings (SSSR count). The third kappa shape index (κ3) is 3.91. The Bertz CT molecular complexity index is 616. The molecule has 112 valence electrons. The summed E-state index contributed by atoms with van der Waals surface area (Å²) in [6, 6.07) is 8.79. The van der Waals surface area contributed by atoms with Crippen LogP contribution in [0.5, 0.6) is 5.19 Å². The van der Waals surface area contributed by atoms with Gasteiger partial charge < -0.3 is 9.64 Å². The fraction of sp³-hybridized carbons (Fsp3) is 0.250. The lowest BCUT2D eigenvalue weighted by atomic mass is 10.3. The lowest BCUT2D eigenvalue weighted by molar-refractivity contribution is -0.138. The Labute approximate surface area is 122 Å². The second-order valence-electron chi connectivity index (χ2n) is 3.95. The highest BCUT2D eigenvalue weighted by Gasteiger charge is 2.36. The Morgan fingerprint density at radius 1 is 1.29 bits per heavy atom. The summed E-state index contributed by atoms with van der Waals surface area (Å²) in [5, 5.41) is 4.80. The first-order valence-electron chi connectivity index (χ1n) is 5.73. The van der Waals surface area contributed by atoms with Gasteiger partial charge in [-0.3, -0.25) is 4.79 Å². The van der Waals surface area contributed by atoms with Crippen LogP contribution in [0.15, 0.2) is 30.3 Å². The topological polar surface area (TPSA) is 55.3 Å². The Morgan fingerprint density at radius 3 is 2.52 bits per heavy atom. The third-order valence-electron chi connectivity index (χ3n) is 2.49. The Morgan fingerprint density at radius 2 is 1.95 bits per heavy atom. The van der Waals surface area contributed by atoms with Gasteiger partial charge in [0.2, 0.25) is 5.01 Å². The summed E-state index contributed by atoms with van der Waals surface area (Å²) in [5.41, 5.74) is 0.652. The van der Waals surface area contributed by atoms with E-state index in [4.69, 9.17) is 4.74 Å². The first-order valence-corrected chi connectivity index (χ1v) is 6.54. The molecule has 1 amide bonds. The highest BCUT2D eigenvalue weighted by Crippen LogP contribution is 2.33. The van der Waals surface area contributed by atoms with Gasteiger partial charge in [0.1, 0.15) is 0 Å². The van der Waals surface area contributed by atoms with Gasteiger partial charge >= 0.3 is 6.18 Å². The predicted octanol–water partition coefficient (Wildman–Crippen LogP) is 2.60. The van der Waals surface area contributed by atoms with Crippen LogP contribution in [-0.4, -0.2) is 29.8 Å². The van der Waals surface area contributed by atoms with Gasteiger partial charge in [0.05, 0.1) is 0 Å². The molecule has 0 aliphatic carbocycles. The molecule has 2 aromatic rings. The van der Waals surface area contributed by atoms with Crippen LogP contribution in [0.3, 0.4) is 0 Å². The van der Waals surface area contributed by atoms with E-state index in [1.807, 2.05) is 0 Å². The van der Waals surface area contributed by atoms with Crippen LogP contribution in [-0.2, 0) is 11.0 Å². The van der Waals surface area contributed by atoms with Gasteiger partial charge in [0.15, 0.2) is 6.61 Å². The van der Waals surface area contributed by atoms with E-state index in [2.05, 4.69) is 10.2 Å². The van der Waals surface area contributed by atoms with Gasteiger partial charge in [-0.15, -0.1) is 5.10 Å². The molecule has 0 saturated carbocycles. The molecule has 0 spiro atoms. The van der Waals surface area contributed by atoms with Gasteiger partial charge in [-0.25, -0.2) is 0 Å². The fourth-order valence-corrected chi connectivity index (χ4v) is 1.96. The predicted molar refractivity (Wildman–Crippen MR) is 70.3 cm³/mol. The number of para-hydroxylation sites is 1. The number of hydrogen-bond acceptors (Lipinski definition) is 5. The molecule has 9 heteroatoms. The van der Waals surface area contributed by atoms with Crippen LogP contribution in [0.4, 0.5) is 18.9 Å². The molecule has 0 aliphatic rings. The van der Waals surface area contributed by atoms with E-state index in [0.717, 1.165) is 0 Å². The van der Waals surface area contributed by atoms with Crippen molar-refractivity contribution in [2.45, 2.75) is 6.18 Å². The van der Waals surface area contributed by atoms with Crippen molar-refractivity contribution in [1.29, 1.82) is 0 Å². The van der Waals surface area contributed by atoms with Gasteiger partial charge in [0, 0.05) is 12.7 Å². The Kier molecular flexibility index (Phi) is 4.41. The van der Waals surface area contributed by atoms with Crippen molar-refractivity contribution in [1.82, 2.24) is 10.2 Å². The highest BCUT2D eigenvalue weighted by atomic mass is 32.1. The lowest BCUT2D eigenvalue weighted by Crippen LogP contribution is -2.31. The largest absolute Gasteiger partial charge is 0.459 e. The molecular formula is C12H10F3N3O2S. The minimum atomic E-state index is -4.57. The van der Waals surface area contributed by atoms with Crippen molar-refractivity contribution in [2.24, 2.45) is 0 Å². The summed E-state index contributed by atoms with van der Waals surface area (Å²) in [7, 11) is 1.54. The highest BCUT2D eigenvalue weighted by molar-refractivity contribution is 7.13. The lowest BCUT2D eigenvalue weighted by Gasteiger charge is -2.16. The molecule has 0 unspecified atom stereocenters. The van der Waals surface area contributed by atoms with Crippen molar-refractivity contribution < 1.29 is 22.7 Å². The van der Waals surface area contributed by atoms with E-state index in [9.17, 15) is 18.0 Å². The molecule has 1 aromatic heterocycles. The van der Waals surface area contributed by atoms with Crippen molar-refractivity contribution in [2.75, 3.05) is 18.6 Å². The molecule has 0 radical (unpaired) electrons. The van der Waals surface area contributed by atoms with E-state index in [0.29, 0.717) is 5.69 Å². The molecule has 0 saturated heterocycles. The summed E-state index contributed by atoms with van der Waals surface area (Å²) in [4.78, 5) is 13.2. The molecule has 21 heavy (non-hydrogen) atoms. The van der Waals surface area contributed by atoms with E-state index >= 15 is 0 Å². The van der Waals surface area contributed by atoms with Crippen molar-refractivity contribution in [3.05, 3.63) is 35.3 Å². The second-order valence-corrected chi connectivity index (χ2v) is 4.89. The molecule has 0 fully saturated rings. The Balaban J connectivity index is 1.94. The summed E-state index contributed by atoms with van der Waals surface area (Å²) < 4.78 is 41.9. The molecule has 1 aromatic carbocycles. The zero-order valence-electron chi connectivity index (χ0n) is 10.8. The number of amides is 1. The van der Waals surface area contributed by atoms with E-state index in [1.165, 1.54) is 4.90 Å². The molecule has 1 heterocycles. The second kappa shape index (κ2) is 6.08. The monoisotopic (exact) mass is 317 g/mol. The molecule has 0 aliphatic heterocycles. The number of aromatic nitrogens is 2. The minimum absolute atomic E-state index is 0.249. The van der Waals surface area contributed by atoms with Crippen molar-refractivity contribution in [3.63, 3.8) is 0 Å². The van der Waals surface area contributed by atoms with E-state index in [1.54, 1.807) is 37.4 Å². The SMILES string of the molecule is CN(C(=O)COc1nnc(C(F)(F)F)s1)c1ccccc1. The third-order valence-corrected chi connectivity index (χ3v) is 3.37. The molecule has 0 bridgehead atoms. The molecular weight excluding hydrogens is 307 g/mol. The molecule has 0 N–H and O–H groups in total. The first-order chi connectivity index (χ1) is 9.88. The van der Waals surface area contributed by atoms with Crippen molar-refractivity contribution >= 4 is 22.9 Å². The van der Waals surface area contributed by atoms with Gasteiger partial charge in [-0.1, -0.05) is 34.6 Å². The number of ether oxygens (including phenoxy) is 1. The zero-order chi connectivity index (χ0) is 15.5. The quantitative estimate of drug-likeness (QED) is 0.870. The number of anilines is 1. The maximum atomic E-state index is 12.3. The average Bonchev–Trinajstić information content (AvgIpc) is 2.94. The average molecular weight is 317 g/mol. The number of benzene rings is 1. The van der Waals surface area contributed by atoms with E-state index in [-0.39, 0.29) is 16.5 Å². The van der Waals surface area contributed by atoms with Gasteiger partial charge in [0.25, 0.3) is 11.1 Å². The smallest absolute Gasteiger partial charge is 0.445 e. The maximum absolute atomic E-state index is 12.3. The van der Waals surface area contributed by atoms with Crippen LogP contribution in [0.1, 0.15) is 5.01 Å². The van der Waals surface area contributed by atoms with Gasteiger partial charge in [-0.2, -0.15) is 13.2 Å². The summed E-state index contributed by atoms with van der Waals surface area (Å²) in [6.07, 6.45) is -4.57. The number of carbonyl (C=O) groups excluding carboxylic acids is 1. The fourth-order valence-electron chi connectivity index (χ4n) is 1.40. The zero-order valence-corrected chi connectivity index (χ0v) is 11.6. The van der Waals surface area contributed by atoms with Gasteiger partial charge in [-0.05, 0) is 12.1 Å². The summed E-state index contributed by atoms with van der Waals surface area (Å²) in [5.74, 6) is -0.412. The minimum Gasteiger partial charge on any atom is -0.459 e. The summed E-state index contributed by atoms with van der Waals surface area (Å²) >= 11 is 0.249. The summed E-state index contributed by atoms with van der Waals surface area (Å²) in [6.45, 7) is -0.419. The van der Waals surface area contributed by atoms with Crippen molar-refractivity contribution in [3.8, 4) is 5.19 Å². The number of alkyl halides is 3. The number of nitrogens with zero attached hydrogens (tertiary/aromatic N) is 3. The maximum Gasteiger partial charge on any atom is 0.445 e. The van der Waals surface area contributed by atoms with E-state index < -0.39 is 23.7 Å². The van der Waals surface area contributed by atoms with Crippen LogP contribution in [0, 0.1) is 0 Å². The van der Waals surface area contributed by atoms with Crippen LogP contribution < -0.4 is 9.64 Å². The Hall–Kier alpha value is -2.16. The van der Waals surface area contributed by atoms with Crippen LogP contribution in [0.25, 0.3) is 0 Å². The standard InChI is InChI=1S/C12H10F3N3O2S/c1-18(8-5-3-2-4-6-8)9(19)7-20-11-17-16-10(21-11)12(13,14)15/h2-6H,7H2,1H3. The number of likely N-dealkylation sites (N-methyl/N-ethyl adjacent to an activating group) is 1. The number of halogens is 3. The normalized spacial score (nSPS) is 11.2. The number of rotatable bonds is 4. The number of carbonyl (C=O) groups is 1. The number of hydrogen-bond donors (Lipinski definition) is 0.